The Hall–Kier alpha value is -1.18. The molecule has 0 radical (unpaired) electrons. The van der Waals surface area contributed by atoms with Crippen molar-refractivity contribution in [3.05, 3.63) is 29.6 Å². The van der Waals surface area contributed by atoms with E-state index in [0.717, 1.165) is 25.0 Å². The summed E-state index contributed by atoms with van der Waals surface area (Å²) in [5, 5.41) is 0. The predicted molar refractivity (Wildman–Crippen MR) is 61.9 cm³/mol. The zero-order valence-corrected chi connectivity index (χ0v) is 9.62. The van der Waals surface area contributed by atoms with E-state index in [1.807, 2.05) is 19.2 Å². The Morgan fingerprint density at radius 3 is 2.60 bits per heavy atom. The molecular formula is C13H19NO. The lowest BCUT2D eigenvalue weighted by Crippen LogP contribution is -2.00. The number of Topliss-reactive ketones (excluding diaryl/α,β-unsaturated/α-hetero) is 1. The summed E-state index contributed by atoms with van der Waals surface area (Å²) < 4.78 is 0. The second kappa shape index (κ2) is 6.33. The van der Waals surface area contributed by atoms with Gasteiger partial charge in [0.05, 0.1) is 0 Å². The number of carbonyl (C=O) groups is 1. The number of carbonyl (C=O) groups excluding carboxylic acids is 1. The summed E-state index contributed by atoms with van der Waals surface area (Å²) in [6.45, 7) is 4.15. The largest absolute Gasteiger partial charge is 0.300 e. The van der Waals surface area contributed by atoms with Gasteiger partial charge < -0.3 is 0 Å². The molecule has 1 rings (SSSR count). The van der Waals surface area contributed by atoms with Crippen molar-refractivity contribution in [2.24, 2.45) is 0 Å². The van der Waals surface area contributed by atoms with Crippen LogP contribution in [0.15, 0.2) is 18.3 Å². The first-order valence-electron chi connectivity index (χ1n) is 5.71. The minimum Gasteiger partial charge on any atom is -0.300 e. The van der Waals surface area contributed by atoms with E-state index >= 15 is 0 Å². The van der Waals surface area contributed by atoms with E-state index in [9.17, 15) is 4.79 Å². The van der Waals surface area contributed by atoms with Gasteiger partial charge in [-0.15, -0.1) is 0 Å². The molecule has 0 aliphatic rings. The topological polar surface area (TPSA) is 30.0 Å². The second-order valence-electron chi connectivity index (χ2n) is 3.80. The fourth-order valence-corrected chi connectivity index (χ4v) is 1.48. The molecular weight excluding hydrogens is 186 g/mol. The van der Waals surface area contributed by atoms with Gasteiger partial charge in [-0.2, -0.15) is 0 Å². The van der Waals surface area contributed by atoms with Gasteiger partial charge in [-0.05, 0) is 30.9 Å². The lowest BCUT2D eigenvalue weighted by molar-refractivity contribution is -0.119. The number of hydrogen-bond acceptors (Lipinski definition) is 2. The number of ketones is 1. The van der Waals surface area contributed by atoms with Gasteiger partial charge in [0, 0.05) is 24.7 Å². The van der Waals surface area contributed by atoms with Crippen LogP contribution in [0.4, 0.5) is 0 Å². The average Bonchev–Trinajstić information content (AvgIpc) is 2.27. The Labute approximate surface area is 91.7 Å². The first-order chi connectivity index (χ1) is 7.26. The lowest BCUT2D eigenvalue weighted by Gasteiger charge is -2.01. The second-order valence-corrected chi connectivity index (χ2v) is 3.80. The van der Waals surface area contributed by atoms with Crippen LogP contribution in [-0.2, 0) is 17.6 Å². The van der Waals surface area contributed by atoms with E-state index in [-0.39, 0.29) is 0 Å². The zero-order chi connectivity index (χ0) is 11.1. The molecule has 1 aromatic heterocycles. The highest BCUT2D eigenvalue weighted by Crippen LogP contribution is 2.05. The number of nitrogens with zero attached hydrogens (tertiary/aromatic N) is 1. The number of rotatable bonds is 6. The van der Waals surface area contributed by atoms with E-state index < -0.39 is 0 Å². The third kappa shape index (κ3) is 4.24. The quantitative estimate of drug-likeness (QED) is 0.714. The van der Waals surface area contributed by atoms with Crippen LogP contribution in [0.3, 0.4) is 0 Å². The predicted octanol–water partition coefficient (Wildman–Crippen LogP) is 2.95. The fraction of sp³-hybridized carbons (Fsp3) is 0.538. The molecule has 0 fully saturated rings. The molecule has 0 unspecified atom stereocenters. The van der Waals surface area contributed by atoms with Crippen LogP contribution in [0, 0.1) is 0 Å². The highest BCUT2D eigenvalue weighted by atomic mass is 16.1. The number of hydrogen-bond donors (Lipinski definition) is 0. The van der Waals surface area contributed by atoms with Crippen molar-refractivity contribution in [1.29, 1.82) is 0 Å². The molecule has 0 atom stereocenters. The fourth-order valence-electron chi connectivity index (χ4n) is 1.48. The summed E-state index contributed by atoms with van der Waals surface area (Å²) in [4.78, 5) is 15.6. The maximum Gasteiger partial charge on any atom is 0.133 e. The summed E-state index contributed by atoms with van der Waals surface area (Å²) in [7, 11) is 0. The van der Waals surface area contributed by atoms with Crippen LogP contribution in [0.5, 0.6) is 0 Å². The van der Waals surface area contributed by atoms with Gasteiger partial charge in [0.1, 0.15) is 5.78 Å². The molecule has 0 bridgehead atoms. The molecule has 1 aromatic rings. The Kier molecular flexibility index (Phi) is 5.02. The summed E-state index contributed by atoms with van der Waals surface area (Å²) >= 11 is 0. The van der Waals surface area contributed by atoms with Crippen molar-refractivity contribution in [3.8, 4) is 0 Å². The first-order valence-corrected chi connectivity index (χ1v) is 5.71. The SMILES string of the molecule is CCCC(=O)CCc1ccc(CC)cn1. The van der Waals surface area contributed by atoms with Gasteiger partial charge in [0.15, 0.2) is 0 Å². The van der Waals surface area contributed by atoms with E-state index in [1.165, 1.54) is 5.56 Å². The highest BCUT2D eigenvalue weighted by molar-refractivity contribution is 5.78. The zero-order valence-electron chi connectivity index (χ0n) is 9.62. The maximum atomic E-state index is 11.3. The van der Waals surface area contributed by atoms with Crippen LogP contribution in [-0.4, -0.2) is 10.8 Å². The average molecular weight is 205 g/mol. The number of aryl methyl sites for hydroxylation is 2. The van der Waals surface area contributed by atoms with Crippen molar-refractivity contribution < 1.29 is 4.79 Å². The standard InChI is InChI=1S/C13H19NO/c1-3-5-13(15)9-8-12-7-6-11(4-2)10-14-12/h6-7,10H,3-5,8-9H2,1-2H3. The molecule has 0 N–H and O–H groups in total. The summed E-state index contributed by atoms with van der Waals surface area (Å²) in [6.07, 6.45) is 5.98. The molecule has 0 aliphatic carbocycles. The molecule has 0 aliphatic heterocycles. The third-order valence-corrected chi connectivity index (χ3v) is 2.48. The third-order valence-electron chi connectivity index (χ3n) is 2.48. The van der Waals surface area contributed by atoms with Crippen molar-refractivity contribution in [2.45, 2.75) is 46.0 Å². The van der Waals surface area contributed by atoms with E-state index in [0.29, 0.717) is 18.6 Å². The minimum absolute atomic E-state index is 0.346. The van der Waals surface area contributed by atoms with E-state index in [4.69, 9.17) is 0 Å². The van der Waals surface area contributed by atoms with Crippen LogP contribution < -0.4 is 0 Å². The van der Waals surface area contributed by atoms with Crippen molar-refractivity contribution in [1.82, 2.24) is 4.98 Å². The van der Waals surface area contributed by atoms with Crippen LogP contribution in [0.25, 0.3) is 0 Å². The maximum absolute atomic E-state index is 11.3. The molecule has 0 saturated carbocycles. The molecule has 2 nitrogen and oxygen atoms in total. The van der Waals surface area contributed by atoms with Crippen molar-refractivity contribution >= 4 is 5.78 Å². The molecule has 0 amide bonds. The number of aromatic nitrogens is 1. The summed E-state index contributed by atoms with van der Waals surface area (Å²) in [5.74, 6) is 0.346. The molecule has 2 heteroatoms. The lowest BCUT2D eigenvalue weighted by atomic mass is 10.1. The Morgan fingerprint density at radius 1 is 1.27 bits per heavy atom. The smallest absolute Gasteiger partial charge is 0.133 e. The highest BCUT2D eigenvalue weighted by Gasteiger charge is 2.02. The molecule has 82 valence electrons. The van der Waals surface area contributed by atoms with Gasteiger partial charge in [0.25, 0.3) is 0 Å². The number of pyridine rings is 1. The van der Waals surface area contributed by atoms with Gasteiger partial charge in [0.2, 0.25) is 0 Å². The van der Waals surface area contributed by atoms with E-state index in [2.05, 4.69) is 18.0 Å². The molecule has 0 saturated heterocycles. The Balaban J connectivity index is 2.40. The van der Waals surface area contributed by atoms with Crippen molar-refractivity contribution in [3.63, 3.8) is 0 Å². The van der Waals surface area contributed by atoms with Gasteiger partial charge >= 0.3 is 0 Å². The van der Waals surface area contributed by atoms with Gasteiger partial charge in [-0.1, -0.05) is 19.9 Å². The Morgan fingerprint density at radius 2 is 2.07 bits per heavy atom. The minimum atomic E-state index is 0.346. The molecule has 0 aromatic carbocycles. The first kappa shape index (κ1) is 11.9. The van der Waals surface area contributed by atoms with Crippen LogP contribution in [0.1, 0.15) is 44.4 Å². The van der Waals surface area contributed by atoms with Gasteiger partial charge in [-0.25, -0.2) is 0 Å². The monoisotopic (exact) mass is 205 g/mol. The van der Waals surface area contributed by atoms with Crippen molar-refractivity contribution in [2.75, 3.05) is 0 Å². The normalized spacial score (nSPS) is 10.3. The summed E-state index contributed by atoms with van der Waals surface area (Å²) in [6, 6.07) is 4.12. The molecule has 1 heterocycles. The van der Waals surface area contributed by atoms with Crippen LogP contribution >= 0.6 is 0 Å². The van der Waals surface area contributed by atoms with E-state index in [1.54, 1.807) is 0 Å². The summed E-state index contributed by atoms with van der Waals surface area (Å²) in [5.41, 5.74) is 2.27. The molecule has 15 heavy (non-hydrogen) atoms. The molecule has 0 spiro atoms. The van der Waals surface area contributed by atoms with Gasteiger partial charge in [-0.3, -0.25) is 9.78 Å². The Bertz CT molecular complexity index is 303. The van der Waals surface area contributed by atoms with Crippen LogP contribution in [0.2, 0.25) is 0 Å².